The lowest BCUT2D eigenvalue weighted by Gasteiger charge is -2.14. The molecular weight excluding hydrogens is 502 g/mol. The van der Waals surface area contributed by atoms with Gasteiger partial charge in [-0.1, -0.05) is 11.2 Å². The topological polar surface area (TPSA) is 107 Å². The second kappa shape index (κ2) is 11.4. The highest BCUT2D eigenvalue weighted by molar-refractivity contribution is 9.10. The van der Waals surface area contributed by atoms with Crippen LogP contribution in [0.2, 0.25) is 0 Å². The molecule has 9 heteroatoms. The zero-order valence-corrected chi connectivity index (χ0v) is 20.9. The van der Waals surface area contributed by atoms with E-state index >= 15 is 0 Å². The number of nitriles is 1. The van der Waals surface area contributed by atoms with Crippen LogP contribution < -0.4 is 19.5 Å². The number of carbonyl (C=O) groups excluding carboxylic acids is 1. The summed E-state index contributed by atoms with van der Waals surface area (Å²) in [4.78, 5) is 12.4. The van der Waals surface area contributed by atoms with Crippen LogP contribution >= 0.6 is 15.9 Å². The standard InChI is InChI=1S/C25H24BrN3O5/c1-15-5-6-20(9-16(15)2)32-7-8-33-24-21(26)12-18(13-22(24)31-4)11-19(14-27)25(30)28-23-10-17(3)34-29-23/h5-6,9-13H,7-8H2,1-4H3,(H,28,29,30). The summed E-state index contributed by atoms with van der Waals surface area (Å²) in [6.07, 6.45) is 1.45. The number of amides is 1. The molecule has 0 saturated heterocycles. The Morgan fingerprint density at radius 3 is 2.56 bits per heavy atom. The van der Waals surface area contributed by atoms with Crippen LogP contribution in [0.5, 0.6) is 17.2 Å². The summed E-state index contributed by atoms with van der Waals surface area (Å²) in [6.45, 7) is 6.43. The number of rotatable bonds is 9. The number of benzene rings is 2. The number of anilines is 1. The van der Waals surface area contributed by atoms with E-state index in [9.17, 15) is 10.1 Å². The lowest BCUT2D eigenvalue weighted by molar-refractivity contribution is -0.112. The van der Waals surface area contributed by atoms with Gasteiger partial charge in [-0.15, -0.1) is 0 Å². The molecule has 3 aromatic rings. The van der Waals surface area contributed by atoms with Crippen molar-refractivity contribution in [2.45, 2.75) is 20.8 Å². The zero-order valence-electron chi connectivity index (χ0n) is 19.3. The first-order chi connectivity index (χ1) is 16.3. The fourth-order valence-electron chi connectivity index (χ4n) is 2.99. The van der Waals surface area contributed by atoms with Crippen LogP contribution in [0.3, 0.4) is 0 Å². The number of halogens is 1. The molecule has 0 saturated carbocycles. The van der Waals surface area contributed by atoms with E-state index in [0.29, 0.717) is 40.5 Å². The molecule has 1 heterocycles. The number of aryl methyl sites for hydroxylation is 3. The average Bonchev–Trinajstić information content (AvgIpc) is 3.22. The van der Waals surface area contributed by atoms with Crippen molar-refractivity contribution in [2.75, 3.05) is 25.6 Å². The van der Waals surface area contributed by atoms with E-state index in [1.165, 1.54) is 18.7 Å². The third-order valence-electron chi connectivity index (χ3n) is 4.87. The number of hydrogen-bond donors (Lipinski definition) is 1. The van der Waals surface area contributed by atoms with Gasteiger partial charge >= 0.3 is 0 Å². The fraction of sp³-hybridized carbons (Fsp3) is 0.240. The van der Waals surface area contributed by atoms with E-state index in [1.54, 1.807) is 25.1 Å². The van der Waals surface area contributed by atoms with Gasteiger partial charge in [-0.05, 0) is 83.7 Å². The van der Waals surface area contributed by atoms with Gasteiger partial charge < -0.3 is 24.1 Å². The monoisotopic (exact) mass is 525 g/mol. The number of nitrogens with one attached hydrogen (secondary N) is 1. The number of methoxy groups -OCH3 is 1. The molecule has 0 radical (unpaired) electrons. The second-order valence-electron chi connectivity index (χ2n) is 7.42. The highest BCUT2D eigenvalue weighted by Crippen LogP contribution is 2.37. The fourth-order valence-corrected chi connectivity index (χ4v) is 3.57. The molecule has 1 aromatic heterocycles. The summed E-state index contributed by atoms with van der Waals surface area (Å²) in [5, 5.41) is 15.7. The highest BCUT2D eigenvalue weighted by atomic mass is 79.9. The smallest absolute Gasteiger partial charge is 0.267 e. The van der Waals surface area contributed by atoms with Gasteiger partial charge in [-0.25, -0.2) is 0 Å². The molecule has 176 valence electrons. The molecule has 0 bridgehead atoms. The highest BCUT2D eigenvalue weighted by Gasteiger charge is 2.15. The van der Waals surface area contributed by atoms with E-state index in [-0.39, 0.29) is 11.4 Å². The maximum absolute atomic E-state index is 12.4. The Kier molecular flexibility index (Phi) is 8.33. The van der Waals surface area contributed by atoms with Crippen molar-refractivity contribution >= 4 is 33.7 Å². The van der Waals surface area contributed by atoms with Gasteiger partial charge in [-0.2, -0.15) is 5.26 Å². The molecule has 3 rings (SSSR count). The Bertz CT molecular complexity index is 1260. The normalized spacial score (nSPS) is 11.0. The molecular formula is C25H24BrN3O5. The Morgan fingerprint density at radius 2 is 1.91 bits per heavy atom. The number of aromatic nitrogens is 1. The van der Waals surface area contributed by atoms with Crippen LogP contribution in [0.4, 0.5) is 5.82 Å². The van der Waals surface area contributed by atoms with Gasteiger partial charge in [0.1, 0.15) is 36.4 Å². The van der Waals surface area contributed by atoms with Crippen molar-refractivity contribution in [1.82, 2.24) is 5.16 Å². The predicted molar refractivity (Wildman–Crippen MR) is 131 cm³/mol. The van der Waals surface area contributed by atoms with Crippen LogP contribution in [-0.2, 0) is 4.79 Å². The molecule has 0 atom stereocenters. The van der Waals surface area contributed by atoms with Crippen molar-refractivity contribution in [1.29, 1.82) is 5.26 Å². The van der Waals surface area contributed by atoms with E-state index in [1.807, 2.05) is 31.2 Å². The molecule has 0 aliphatic heterocycles. The van der Waals surface area contributed by atoms with E-state index < -0.39 is 5.91 Å². The van der Waals surface area contributed by atoms with Crippen molar-refractivity contribution in [2.24, 2.45) is 0 Å². The Labute approximate surface area is 206 Å². The van der Waals surface area contributed by atoms with Crippen LogP contribution in [0.25, 0.3) is 6.08 Å². The van der Waals surface area contributed by atoms with E-state index in [2.05, 4.69) is 33.3 Å². The molecule has 8 nitrogen and oxygen atoms in total. The minimum absolute atomic E-state index is 0.106. The molecule has 0 aliphatic carbocycles. The summed E-state index contributed by atoms with van der Waals surface area (Å²) in [5.41, 5.74) is 2.83. The van der Waals surface area contributed by atoms with E-state index in [4.69, 9.17) is 18.7 Å². The third kappa shape index (κ3) is 6.39. The summed E-state index contributed by atoms with van der Waals surface area (Å²) in [6, 6.07) is 12.8. The van der Waals surface area contributed by atoms with E-state index in [0.717, 1.165) is 11.3 Å². The van der Waals surface area contributed by atoms with Crippen LogP contribution in [-0.4, -0.2) is 31.4 Å². The molecule has 0 unspecified atom stereocenters. The first-order valence-electron chi connectivity index (χ1n) is 10.4. The van der Waals surface area contributed by atoms with Crippen molar-refractivity contribution in [3.05, 3.63) is 68.9 Å². The van der Waals surface area contributed by atoms with Crippen molar-refractivity contribution in [3.8, 4) is 23.3 Å². The number of nitrogens with zero attached hydrogens (tertiary/aromatic N) is 2. The number of ether oxygens (including phenoxy) is 3. The number of carbonyl (C=O) groups is 1. The molecule has 2 aromatic carbocycles. The quantitative estimate of drug-likeness (QED) is 0.227. The van der Waals surface area contributed by atoms with Gasteiger partial charge in [0.15, 0.2) is 17.3 Å². The Morgan fingerprint density at radius 1 is 1.15 bits per heavy atom. The minimum Gasteiger partial charge on any atom is -0.493 e. The predicted octanol–water partition coefficient (Wildman–Crippen LogP) is 5.37. The molecule has 1 N–H and O–H groups in total. The first-order valence-corrected chi connectivity index (χ1v) is 11.2. The Balaban J connectivity index is 1.68. The van der Waals surface area contributed by atoms with Crippen molar-refractivity contribution < 1.29 is 23.5 Å². The van der Waals surface area contributed by atoms with Crippen LogP contribution in [0.1, 0.15) is 22.5 Å². The van der Waals surface area contributed by atoms with Crippen LogP contribution in [0.15, 0.2) is 51.0 Å². The van der Waals surface area contributed by atoms with Gasteiger partial charge in [0.05, 0.1) is 11.6 Å². The number of hydrogen-bond acceptors (Lipinski definition) is 7. The van der Waals surface area contributed by atoms with Crippen LogP contribution in [0, 0.1) is 32.1 Å². The third-order valence-corrected chi connectivity index (χ3v) is 5.46. The largest absolute Gasteiger partial charge is 0.493 e. The zero-order chi connectivity index (χ0) is 24.7. The lowest BCUT2D eigenvalue weighted by Crippen LogP contribution is -2.13. The minimum atomic E-state index is -0.602. The average molecular weight is 526 g/mol. The Hall–Kier alpha value is -3.77. The molecule has 0 fully saturated rings. The lowest BCUT2D eigenvalue weighted by atomic mass is 10.1. The summed E-state index contributed by atoms with van der Waals surface area (Å²) < 4.78 is 22.6. The van der Waals surface area contributed by atoms with Gasteiger partial charge in [-0.3, -0.25) is 4.79 Å². The molecule has 0 spiro atoms. The first kappa shape index (κ1) is 24.9. The maximum atomic E-state index is 12.4. The summed E-state index contributed by atoms with van der Waals surface area (Å²) in [5.74, 6) is 1.88. The molecule has 1 amide bonds. The summed E-state index contributed by atoms with van der Waals surface area (Å²) >= 11 is 3.48. The maximum Gasteiger partial charge on any atom is 0.267 e. The summed E-state index contributed by atoms with van der Waals surface area (Å²) in [7, 11) is 1.51. The van der Waals surface area contributed by atoms with Gasteiger partial charge in [0.2, 0.25) is 0 Å². The second-order valence-corrected chi connectivity index (χ2v) is 8.28. The SMILES string of the molecule is COc1cc(C=C(C#N)C(=O)Nc2cc(C)on2)cc(Br)c1OCCOc1ccc(C)c(C)c1. The molecule has 34 heavy (non-hydrogen) atoms. The van der Waals surface area contributed by atoms with Gasteiger partial charge in [0.25, 0.3) is 5.91 Å². The van der Waals surface area contributed by atoms with Gasteiger partial charge in [0, 0.05) is 6.07 Å². The molecule has 0 aliphatic rings. The van der Waals surface area contributed by atoms with Crippen molar-refractivity contribution in [3.63, 3.8) is 0 Å².